The van der Waals surface area contributed by atoms with Crippen LogP contribution in [0.2, 0.25) is 0 Å². The molecule has 4 aromatic rings. The molecule has 0 saturated carbocycles. The second-order valence-corrected chi connectivity index (χ2v) is 7.19. The molecule has 1 aromatic heterocycles. The fourth-order valence-electron chi connectivity index (χ4n) is 3.54. The maximum absolute atomic E-state index is 14.1. The third-order valence-corrected chi connectivity index (χ3v) is 5.19. The number of aromatic nitrogens is 2. The molecular weight excluding hydrogens is 386 g/mol. The highest BCUT2D eigenvalue weighted by molar-refractivity contribution is 5.81. The minimum atomic E-state index is -1.73. The first-order chi connectivity index (χ1) is 14.5. The third-order valence-electron chi connectivity index (χ3n) is 5.19. The van der Waals surface area contributed by atoms with Crippen molar-refractivity contribution < 1.29 is 13.9 Å². The van der Waals surface area contributed by atoms with E-state index in [2.05, 4.69) is 5.10 Å². The largest absolute Gasteiger partial charge is 0.381 e. The standard InChI is InChI=1S/C23H22F2N4O/c24-14-23(30,15-28(16-26)20-4-2-1-3-5-20)18-6-11-22-17(12-18)13-27-29(22)21-9-7-19(25)8-10-21/h1-13,30H,14-16,26H2. The van der Waals surface area contributed by atoms with Gasteiger partial charge in [0, 0.05) is 11.1 Å². The van der Waals surface area contributed by atoms with E-state index in [0.717, 1.165) is 16.6 Å². The van der Waals surface area contributed by atoms with Gasteiger partial charge in [0.15, 0.2) is 0 Å². The summed E-state index contributed by atoms with van der Waals surface area (Å²) in [6.07, 6.45) is 1.64. The molecule has 0 aliphatic carbocycles. The van der Waals surface area contributed by atoms with E-state index in [9.17, 15) is 13.9 Å². The smallest absolute Gasteiger partial charge is 0.135 e. The van der Waals surface area contributed by atoms with Crippen molar-refractivity contribution in [3.8, 4) is 5.69 Å². The second-order valence-electron chi connectivity index (χ2n) is 7.19. The summed E-state index contributed by atoms with van der Waals surface area (Å²) in [5, 5.41) is 16.2. The number of para-hydroxylation sites is 1. The number of nitrogens with zero attached hydrogens (tertiary/aromatic N) is 3. The number of rotatable bonds is 7. The molecular formula is C23H22F2N4O. The molecule has 5 nitrogen and oxygen atoms in total. The second kappa shape index (κ2) is 8.22. The third kappa shape index (κ3) is 3.77. The predicted molar refractivity (Wildman–Crippen MR) is 114 cm³/mol. The first-order valence-electron chi connectivity index (χ1n) is 9.57. The number of benzene rings is 3. The highest BCUT2D eigenvalue weighted by Crippen LogP contribution is 2.29. The van der Waals surface area contributed by atoms with Gasteiger partial charge in [-0.05, 0) is 54.1 Å². The SMILES string of the molecule is NCN(CC(O)(CF)c1ccc2c(cnn2-c2ccc(F)cc2)c1)c1ccccc1. The van der Waals surface area contributed by atoms with Crippen molar-refractivity contribution >= 4 is 16.6 Å². The zero-order valence-electron chi connectivity index (χ0n) is 16.2. The molecule has 30 heavy (non-hydrogen) atoms. The minimum Gasteiger partial charge on any atom is -0.381 e. The van der Waals surface area contributed by atoms with E-state index < -0.39 is 12.3 Å². The quantitative estimate of drug-likeness (QED) is 0.457. The first kappa shape index (κ1) is 20.0. The van der Waals surface area contributed by atoms with Crippen molar-refractivity contribution in [3.05, 3.63) is 90.4 Å². The Kier molecular flexibility index (Phi) is 5.48. The normalized spacial score (nSPS) is 13.3. The Morgan fingerprint density at radius 1 is 1.03 bits per heavy atom. The number of anilines is 1. The van der Waals surface area contributed by atoms with Gasteiger partial charge in [-0.3, -0.25) is 0 Å². The Hall–Kier alpha value is -3.29. The Balaban J connectivity index is 1.67. The number of alkyl halides is 1. The van der Waals surface area contributed by atoms with E-state index in [1.54, 1.807) is 46.1 Å². The van der Waals surface area contributed by atoms with Gasteiger partial charge in [0.1, 0.15) is 18.1 Å². The van der Waals surface area contributed by atoms with Crippen molar-refractivity contribution in [1.82, 2.24) is 9.78 Å². The maximum atomic E-state index is 14.1. The average Bonchev–Trinajstić information content (AvgIpc) is 3.22. The monoisotopic (exact) mass is 408 g/mol. The van der Waals surface area contributed by atoms with Crippen LogP contribution >= 0.6 is 0 Å². The Bertz CT molecular complexity index is 1130. The molecule has 0 spiro atoms. The van der Waals surface area contributed by atoms with Crippen LogP contribution in [0.5, 0.6) is 0 Å². The van der Waals surface area contributed by atoms with Crippen molar-refractivity contribution in [2.75, 3.05) is 24.8 Å². The molecule has 1 unspecified atom stereocenters. The van der Waals surface area contributed by atoms with Gasteiger partial charge in [-0.1, -0.05) is 24.3 Å². The maximum Gasteiger partial charge on any atom is 0.135 e. The number of nitrogens with two attached hydrogens (primary N) is 1. The summed E-state index contributed by atoms with van der Waals surface area (Å²) < 4.78 is 29.0. The van der Waals surface area contributed by atoms with Crippen LogP contribution in [-0.4, -0.2) is 34.8 Å². The summed E-state index contributed by atoms with van der Waals surface area (Å²) in [6.45, 7) is -0.827. The van der Waals surface area contributed by atoms with Crippen LogP contribution in [0.1, 0.15) is 5.56 Å². The Labute approximate surface area is 173 Å². The van der Waals surface area contributed by atoms with E-state index in [4.69, 9.17) is 5.73 Å². The predicted octanol–water partition coefficient (Wildman–Crippen LogP) is 3.74. The Morgan fingerprint density at radius 2 is 1.77 bits per heavy atom. The zero-order valence-corrected chi connectivity index (χ0v) is 16.2. The summed E-state index contributed by atoms with van der Waals surface area (Å²) in [5.74, 6) is -0.326. The molecule has 0 saturated heterocycles. The number of halogens is 2. The highest BCUT2D eigenvalue weighted by atomic mass is 19.1. The molecule has 0 aliphatic heterocycles. The summed E-state index contributed by atoms with van der Waals surface area (Å²) in [6, 6.07) is 20.5. The lowest BCUT2D eigenvalue weighted by Gasteiger charge is -2.33. The fourth-order valence-corrected chi connectivity index (χ4v) is 3.54. The number of hydrogen-bond donors (Lipinski definition) is 2. The molecule has 1 atom stereocenters. The fraction of sp³-hybridized carbons (Fsp3) is 0.174. The van der Waals surface area contributed by atoms with Gasteiger partial charge in [0.2, 0.25) is 0 Å². The average molecular weight is 408 g/mol. The topological polar surface area (TPSA) is 67.3 Å². The van der Waals surface area contributed by atoms with Gasteiger partial charge in [0.25, 0.3) is 0 Å². The van der Waals surface area contributed by atoms with Crippen LogP contribution < -0.4 is 10.6 Å². The van der Waals surface area contributed by atoms with Gasteiger partial charge >= 0.3 is 0 Å². The van der Waals surface area contributed by atoms with Gasteiger partial charge < -0.3 is 15.7 Å². The highest BCUT2D eigenvalue weighted by Gasteiger charge is 2.32. The molecule has 0 amide bonds. The molecule has 0 bridgehead atoms. The number of fused-ring (bicyclic) bond motifs is 1. The molecule has 1 heterocycles. The van der Waals surface area contributed by atoms with E-state index in [-0.39, 0.29) is 19.0 Å². The van der Waals surface area contributed by atoms with Gasteiger partial charge in [0.05, 0.1) is 30.6 Å². The molecule has 154 valence electrons. The van der Waals surface area contributed by atoms with Crippen molar-refractivity contribution in [3.63, 3.8) is 0 Å². The van der Waals surface area contributed by atoms with E-state index in [0.29, 0.717) is 11.3 Å². The summed E-state index contributed by atoms with van der Waals surface area (Å²) in [7, 11) is 0. The van der Waals surface area contributed by atoms with Crippen LogP contribution in [-0.2, 0) is 5.60 Å². The molecule has 0 radical (unpaired) electrons. The van der Waals surface area contributed by atoms with Crippen LogP contribution in [0.15, 0.2) is 79.0 Å². The lowest BCUT2D eigenvalue weighted by Crippen LogP contribution is -2.45. The lowest BCUT2D eigenvalue weighted by molar-refractivity contribution is 0.0182. The zero-order chi connectivity index (χ0) is 21.1. The molecule has 4 rings (SSSR count). The van der Waals surface area contributed by atoms with Crippen molar-refractivity contribution in [2.24, 2.45) is 5.73 Å². The number of aliphatic hydroxyl groups is 1. The van der Waals surface area contributed by atoms with Crippen LogP contribution in [0.4, 0.5) is 14.5 Å². The van der Waals surface area contributed by atoms with Gasteiger partial charge in [-0.15, -0.1) is 0 Å². The molecule has 0 aliphatic rings. The number of hydrogen-bond acceptors (Lipinski definition) is 4. The van der Waals surface area contributed by atoms with Crippen LogP contribution in [0.25, 0.3) is 16.6 Å². The Morgan fingerprint density at radius 3 is 2.43 bits per heavy atom. The van der Waals surface area contributed by atoms with E-state index in [1.165, 1.54) is 12.1 Å². The molecule has 0 fully saturated rings. The summed E-state index contributed by atoms with van der Waals surface area (Å²) >= 11 is 0. The molecule has 7 heteroatoms. The molecule has 3 N–H and O–H groups in total. The van der Waals surface area contributed by atoms with Crippen molar-refractivity contribution in [2.45, 2.75) is 5.60 Å². The molecule has 3 aromatic carbocycles. The summed E-state index contributed by atoms with van der Waals surface area (Å²) in [5.41, 5.74) is 6.85. The first-order valence-corrected chi connectivity index (χ1v) is 9.57. The lowest BCUT2D eigenvalue weighted by atomic mass is 9.93. The minimum absolute atomic E-state index is 0.00161. The van der Waals surface area contributed by atoms with Gasteiger partial charge in [-0.2, -0.15) is 5.10 Å². The summed E-state index contributed by atoms with van der Waals surface area (Å²) in [4.78, 5) is 1.73. The van der Waals surface area contributed by atoms with Crippen LogP contribution in [0, 0.1) is 5.82 Å². The van der Waals surface area contributed by atoms with Gasteiger partial charge in [-0.25, -0.2) is 13.5 Å². The van der Waals surface area contributed by atoms with Crippen LogP contribution in [0.3, 0.4) is 0 Å². The van der Waals surface area contributed by atoms with E-state index in [1.807, 2.05) is 30.3 Å². The van der Waals surface area contributed by atoms with Crippen molar-refractivity contribution in [1.29, 1.82) is 0 Å². The van der Waals surface area contributed by atoms with E-state index >= 15 is 0 Å².